The zero-order chi connectivity index (χ0) is 17.1. The Hall–Kier alpha value is -0.200. The van der Waals surface area contributed by atoms with Gasteiger partial charge in [0.1, 0.15) is 31.2 Å². The van der Waals surface area contributed by atoms with Gasteiger partial charge in [0.2, 0.25) is 0 Å². The molecule has 2 rings (SSSR count). The minimum atomic E-state index is -0.720. The largest absolute Gasteiger partial charge is 0.359 e. The quantitative estimate of drug-likeness (QED) is 0.510. The Labute approximate surface area is 146 Å². The summed E-state index contributed by atoms with van der Waals surface area (Å²) in [4.78, 5) is 2.71. The van der Waals surface area contributed by atoms with Gasteiger partial charge in [0.05, 0.1) is 6.61 Å². The molecule has 2 fully saturated rings. The molecule has 0 radical (unpaired) electrons. The maximum absolute atomic E-state index is 6.08. The van der Waals surface area contributed by atoms with Crippen LogP contribution in [0.1, 0.15) is 34.1 Å². The third-order valence-corrected chi connectivity index (χ3v) is 3.98. The van der Waals surface area contributed by atoms with Crippen LogP contribution in [0.5, 0.6) is 0 Å². The van der Waals surface area contributed by atoms with Gasteiger partial charge in [-0.25, -0.2) is 0 Å². The Balaban J connectivity index is 2.14. The van der Waals surface area contributed by atoms with Gasteiger partial charge in [-0.2, -0.15) is 0 Å². The third-order valence-electron chi connectivity index (χ3n) is 3.70. The van der Waals surface area contributed by atoms with Crippen LogP contribution >= 0.6 is 15.9 Å². The van der Waals surface area contributed by atoms with E-state index in [0.29, 0.717) is 13.0 Å². The highest BCUT2D eigenvalue weighted by atomic mass is 79.9. The summed E-state index contributed by atoms with van der Waals surface area (Å²) < 4.78 is 34.6. The molecule has 2 aliphatic heterocycles. The molecule has 0 aromatic rings. The normalized spacial score (nSPS) is 33.2. The average molecular weight is 393 g/mol. The molecule has 4 atom stereocenters. The third kappa shape index (κ3) is 5.13. The number of hydrogen-bond donors (Lipinski definition) is 0. The number of hydrogen-bond acceptors (Lipinski definition) is 6. The molecule has 2 heterocycles. The van der Waals surface area contributed by atoms with Crippen molar-refractivity contribution in [1.82, 2.24) is 0 Å². The first-order valence-corrected chi connectivity index (χ1v) is 8.44. The van der Waals surface area contributed by atoms with E-state index >= 15 is 0 Å². The predicted molar refractivity (Wildman–Crippen MR) is 86.8 cm³/mol. The van der Waals surface area contributed by atoms with E-state index in [0.717, 1.165) is 0 Å². The second-order valence-corrected chi connectivity index (χ2v) is 6.92. The summed E-state index contributed by atoms with van der Waals surface area (Å²) in [6.45, 7) is 8.15. The Bertz CT molecular complexity index is 455. The predicted octanol–water partition coefficient (Wildman–Crippen LogP) is 2.39. The maximum Gasteiger partial charge on any atom is 0.164 e. The second kappa shape index (κ2) is 7.79. The van der Waals surface area contributed by atoms with Gasteiger partial charge in [-0.05, 0) is 32.5 Å². The van der Waals surface area contributed by atoms with Gasteiger partial charge in [0, 0.05) is 29.5 Å². The van der Waals surface area contributed by atoms with Crippen LogP contribution < -0.4 is 0 Å². The van der Waals surface area contributed by atoms with Crippen molar-refractivity contribution in [3.63, 3.8) is 0 Å². The molecule has 0 aromatic carbocycles. The highest BCUT2D eigenvalue weighted by molar-refractivity contribution is 9.12. The Morgan fingerprint density at radius 1 is 1.17 bits per heavy atom. The van der Waals surface area contributed by atoms with Crippen LogP contribution in [0.25, 0.3) is 0 Å². The minimum absolute atomic E-state index is 0.162. The molecule has 6 nitrogen and oxygen atoms in total. The van der Waals surface area contributed by atoms with E-state index in [1.165, 1.54) is 0 Å². The first-order chi connectivity index (χ1) is 10.8. The zero-order valence-electron chi connectivity index (χ0n) is 14.3. The van der Waals surface area contributed by atoms with Gasteiger partial charge >= 0.3 is 0 Å². The lowest BCUT2D eigenvalue weighted by molar-refractivity contribution is -0.177. The molecule has 0 N–H and O–H groups in total. The van der Waals surface area contributed by atoms with E-state index in [4.69, 9.17) is 28.4 Å². The van der Waals surface area contributed by atoms with Crippen molar-refractivity contribution >= 4 is 15.9 Å². The topological polar surface area (TPSA) is 55.4 Å². The second-order valence-electron chi connectivity index (χ2n) is 6.52. The summed E-state index contributed by atoms with van der Waals surface area (Å²) in [7, 11) is 1.58. The highest BCUT2D eigenvalue weighted by Gasteiger charge is 2.52. The van der Waals surface area contributed by atoms with Gasteiger partial charge in [-0.1, -0.05) is 5.92 Å². The van der Waals surface area contributed by atoms with Crippen molar-refractivity contribution in [3.05, 3.63) is 0 Å². The fourth-order valence-corrected chi connectivity index (χ4v) is 3.00. The average Bonchev–Trinajstić information content (AvgIpc) is 2.98. The molecule has 132 valence electrons. The van der Waals surface area contributed by atoms with Crippen LogP contribution in [0.4, 0.5) is 0 Å². The van der Waals surface area contributed by atoms with E-state index in [1.807, 2.05) is 27.7 Å². The molecule has 0 saturated carbocycles. The van der Waals surface area contributed by atoms with Gasteiger partial charge in [0.25, 0.3) is 0 Å². The van der Waals surface area contributed by atoms with Crippen LogP contribution in [0.3, 0.4) is 0 Å². The van der Waals surface area contributed by atoms with Crippen molar-refractivity contribution in [2.75, 3.05) is 20.5 Å². The summed E-state index contributed by atoms with van der Waals surface area (Å²) in [6, 6.07) is 0. The number of ether oxygens (including phenoxy) is 6. The van der Waals surface area contributed by atoms with Crippen LogP contribution in [0.15, 0.2) is 0 Å². The Morgan fingerprint density at radius 3 is 2.48 bits per heavy atom. The zero-order valence-corrected chi connectivity index (χ0v) is 15.8. The summed E-state index contributed by atoms with van der Waals surface area (Å²) in [5, 5.41) is 0. The van der Waals surface area contributed by atoms with E-state index in [1.54, 1.807) is 7.11 Å². The number of methoxy groups -OCH3 is 1. The molecule has 2 aliphatic rings. The summed E-state index contributed by atoms with van der Waals surface area (Å²) >= 11 is 3.11. The first-order valence-electron chi connectivity index (χ1n) is 7.64. The monoisotopic (exact) mass is 392 g/mol. The Morgan fingerprint density at radius 2 is 1.91 bits per heavy atom. The van der Waals surface area contributed by atoms with E-state index in [2.05, 4.69) is 26.7 Å². The van der Waals surface area contributed by atoms with Crippen molar-refractivity contribution in [3.8, 4) is 10.8 Å². The Kier molecular flexibility index (Phi) is 6.48. The lowest BCUT2D eigenvalue weighted by atomic mass is 10.0. The molecule has 0 spiro atoms. The van der Waals surface area contributed by atoms with Crippen LogP contribution in [-0.4, -0.2) is 56.5 Å². The fraction of sp³-hybridized carbons (Fsp3) is 0.875. The van der Waals surface area contributed by atoms with Gasteiger partial charge in [0.15, 0.2) is 11.6 Å². The maximum atomic E-state index is 6.08. The minimum Gasteiger partial charge on any atom is -0.359 e. The van der Waals surface area contributed by atoms with E-state index in [9.17, 15) is 0 Å². The van der Waals surface area contributed by atoms with Crippen LogP contribution in [0.2, 0.25) is 0 Å². The molecule has 0 aliphatic carbocycles. The molecule has 0 amide bonds. The fourth-order valence-electron chi connectivity index (χ4n) is 2.83. The summed E-state index contributed by atoms with van der Waals surface area (Å²) in [5.74, 6) is 1.63. The highest BCUT2D eigenvalue weighted by Crippen LogP contribution is 2.37. The molecule has 2 saturated heterocycles. The molecule has 7 heteroatoms. The number of halogens is 1. The molecular weight excluding hydrogens is 368 g/mol. The molecule has 0 aromatic heterocycles. The molecular formula is C16H25BrO6. The van der Waals surface area contributed by atoms with Gasteiger partial charge in [-0.15, -0.1) is 0 Å². The standard InChI is InChI=1S/C16H25BrO6/c1-15(2)20-9-12(21-15)14-13(22-16(3,4)23-14)11(7-6-8-17)19-10-18-5/h11-14H,7,9-10H2,1-5H3/t11-,12-,13+,14+/m1/s1. The number of rotatable bonds is 6. The first kappa shape index (κ1) is 19.1. The van der Waals surface area contributed by atoms with Gasteiger partial charge in [-0.3, -0.25) is 0 Å². The summed E-state index contributed by atoms with van der Waals surface area (Å²) in [5.41, 5.74) is 0. The van der Waals surface area contributed by atoms with Gasteiger partial charge < -0.3 is 28.4 Å². The smallest absolute Gasteiger partial charge is 0.164 e. The van der Waals surface area contributed by atoms with Crippen molar-refractivity contribution < 1.29 is 28.4 Å². The van der Waals surface area contributed by atoms with Crippen molar-refractivity contribution in [2.24, 2.45) is 0 Å². The van der Waals surface area contributed by atoms with E-state index < -0.39 is 11.6 Å². The molecule has 0 unspecified atom stereocenters. The van der Waals surface area contributed by atoms with Crippen LogP contribution in [-0.2, 0) is 28.4 Å². The molecule has 0 bridgehead atoms. The lowest BCUT2D eigenvalue weighted by Crippen LogP contribution is -2.45. The van der Waals surface area contributed by atoms with E-state index in [-0.39, 0.29) is 31.2 Å². The van der Waals surface area contributed by atoms with Crippen molar-refractivity contribution in [2.45, 2.75) is 70.1 Å². The lowest BCUT2D eigenvalue weighted by Gasteiger charge is -2.28. The van der Waals surface area contributed by atoms with Crippen molar-refractivity contribution in [1.29, 1.82) is 0 Å². The van der Waals surface area contributed by atoms with Crippen LogP contribution in [0, 0.1) is 10.8 Å². The summed E-state index contributed by atoms with van der Waals surface area (Å²) in [6.07, 6.45) is -0.644. The molecule has 23 heavy (non-hydrogen) atoms. The SMILES string of the molecule is COCO[C@H](CC#CBr)[C@@H]1OC(C)(C)O[C@H]1[C@H]1COC(C)(C)O1.